The number of anilines is 1. The van der Waals surface area contributed by atoms with E-state index in [0.29, 0.717) is 29.6 Å². The number of benzene rings is 3. The Morgan fingerprint density at radius 2 is 1.80 bits per heavy atom. The summed E-state index contributed by atoms with van der Waals surface area (Å²) in [5, 5.41) is 13.4. The largest absolute Gasteiger partial charge is 0.449 e. The standard InChI is InChI=1S/C27H20F3N3O6S/c1-15-7-9-19(16(2)11-15)31-24(34)14-32-25(35)23(40-26(32)36)12-17-5-3-4-6-21(17)39-22-10-8-18(27(28,29)30)13-20(22)33(37)38/h3-13H,14H2,1-2H3,(H,31,34)/b23-12+. The number of aryl methyl sites for hydroxylation is 2. The number of nitro groups is 1. The van der Waals surface area contributed by atoms with Crippen LogP contribution in [0.3, 0.4) is 0 Å². The third-order valence-electron chi connectivity index (χ3n) is 5.74. The molecule has 1 saturated heterocycles. The number of carbonyl (C=O) groups is 3. The number of hydrogen-bond acceptors (Lipinski definition) is 7. The predicted molar refractivity (Wildman–Crippen MR) is 142 cm³/mol. The summed E-state index contributed by atoms with van der Waals surface area (Å²) in [6, 6.07) is 13.2. The smallest absolute Gasteiger partial charge is 0.416 e. The van der Waals surface area contributed by atoms with Gasteiger partial charge in [0, 0.05) is 17.3 Å². The number of imide groups is 1. The van der Waals surface area contributed by atoms with Gasteiger partial charge in [0.15, 0.2) is 0 Å². The molecule has 0 atom stereocenters. The maximum absolute atomic E-state index is 13.0. The number of nitrogens with zero attached hydrogens (tertiary/aromatic N) is 2. The summed E-state index contributed by atoms with van der Waals surface area (Å²) in [5.74, 6) is -1.77. The van der Waals surface area contributed by atoms with Gasteiger partial charge in [-0.1, -0.05) is 35.9 Å². The summed E-state index contributed by atoms with van der Waals surface area (Å²) in [6.45, 7) is 3.19. The molecule has 1 N–H and O–H groups in total. The molecule has 3 amide bonds. The minimum atomic E-state index is -4.79. The van der Waals surface area contributed by atoms with Crippen LogP contribution in [0, 0.1) is 24.0 Å². The van der Waals surface area contributed by atoms with E-state index < -0.39 is 51.7 Å². The van der Waals surface area contributed by atoms with Crippen LogP contribution in [0.1, 0.15) is 22.3 Å². The van der Waals surface area contributed by atoms with Crippen molar-refractivity contribution in [2.24, 2.45) is 0 Å². The van der Waals surface area contributed by atoms with Gasteiger partial charge < -0.3 is 10.1 Å². The summed E-state index contributed by atoms with van der Waals surface area (Å²) in [5.41, 5.74) is 0.467. The van der Waals surface area contributed by atoms with Gasteiger partial charge in [0.25, 0.3) is 11.1 Å². The third kappa shape index (κ3) is 6.31. The van der Waals surface area contributed by atoms with Crippen LogP contribution in [0.4, 0.5) is 29.3 Å². The van der Waals surface area contributed by atoms with Crippen LogP contribution in [-0.4, -0.2) is 33.4 Å². The second-order valence-corrected chi connectivity index (χ2v) is 9.70. The van der Waals surface area contributed by atoms with Gasteiger partial charge in [-0.25, -0.2) is 0 Å². The lowest BCUT2D eigenvalue weighted by Crippen LogP contribution is -2.36. The van der Waals surface area contributed by atoms with Crippen molar-refractivity contribution in [3.05, 3.63) is 97.9 Å². The fourth-order valence-electron chi connectivity index (χ4n) is 3.80. The van der Waals surface area contributed by atoms with Crippen molar-refractivity contribution >= 4 is 46.3 Å². The molecule has 3 aromatic rings. The molecule has 1 fully saturated rings. The molecule has 9 nitrogen and oxygen atoms in total. The average molecular weight is 572 g/mol. The number of amides is 3. The van der Waals surface area contributed by atoms with Crippen molar-refractivity contribution in [2.45, 2.75) is 20.0 Å². The maximum atomic E-state index is 13.0. The highest BCUT2D eigenvalue weighted by atomic mass is 32.2. The first-order valence-corrected chi connectivity index (χ1v) is 12.4. The third-order valence-corrected chi connectivity index (χ3v) is 6.65. The number of carbonyl (C=O) groups excluding carboxylic acids is 3. The van der Waals surface area contributed by atoms with Gasteiger partial charge in [0.05, 0.1) is 15.4 Å². The Morgan fingerprint density at radius 1 is 1.07 bits per heavy atom. The molecule has 3 aromatic carbocycles. The lowest BCUT2D eigenvalue weighted by atomic mass is 10.1. The Morgan fingerprint density at radius 3 is 2.48 bits per heavy atom. The monoisotopic (exact) mass is 571 g/mol. The zero-order chi connectivity index (χ0) is 29.2. The van der Waals surface area contributed by atoms with E-state index in [1.165, 1.54) is 24.3 Å². The molecule has 1 aliphatic rings. The molecule has 0 aromatic heterocycles. The van der Waals surface area contributed by atoms with E-state index in [0.717, 1.165) is 22.1 Å². The molecular weight excluding hydrogens is 551 g/mol. The summed E-state index contributed by atoms with van der Waals surface area (Å²) in [7, 11) is 0. The van der Waals surface area contributed by atoms with Crippen molar-refractivity contribution in [2.75, 3.05) is 11.9 Å². The second kappa shape index (κ2) is 11.2. The second-order valence-electron chi connectivity index (χ2n) is 8.71. The molecule has 0 bridgehead atoms. The molecule has 206 valence electrons. The number of halogens is 3. The van der Waals surface area contributed by atoms with Crippen LogP contribution in [0.15, 0.2) is 65.6 Å². The summed E-state index contributed by atoms with van der Waals surface area (Å²) >= 11 is 0.588. The first-order valence-electron chi connectivity index (χ1n) is 11.6. The van der Waals surface area contributed by atoms with Crippen LogP contribution in [-0.2, 0) is 15.8 Å². The molecule has 0 spiro atoms. The van der Waals surface area contributed by atoms with E-state index in [-0.39, 0.29) is 16.2 Å². The Balaban J connectivity index is 1.55. The van der Waals surface area contributed by atoms with Crippen molar-refractivity contribution in [1.29, 1.82) is 0 Å². The minimum Gasteiger partial charge on any atom is -0.449 e. The van der Waals surface area contributed by atoms with E-state index >= 15 is 0 Å². The Kier molecular flexibility index (Phi) is 7.96. The van der Waals surface area contributed by atoms with Gasteiger partial charge in [-0.15, -0.1) is 0 Å². The van der Waals surface area contributed by atoms with Crippen LogP contribution in [0.25, 0.3) is 6.08 Å². The first kappa shape index (κ1) is 28.4. The Bertz CT molecular complexity index is 1570. The lowest BCUT2D eigenvalue weighted by molar-refractivity contribution is -0.385. The zero-order valence-electron chi connectivity index (χ0n) is 20.9. The maximum Gasteiger partial charge on any atom is 0.416 e. The van der Waals surface area contributed by atoms with E-state index in [4.69, 9.17) is 4.74 Å². The van der Waals surface area contributed by atoms with Crippen molar-refractivity contribution in [3.8, 4) is 11.5 Å². The molecule has 13 heteroatoms. The molecule has 40 heavy (non-hydrogen) atoms. The average Bonchev–Trinajstić information content (AvgIpc) is 3.13. The van der Waals surface area contributed by atoms with Gasteiger partial charge in [-0.3, -0.25) is 29.4 Å². The van der Waals surface area contributed by atoms with E-state index in [1.807, 2.05) is 26.0 Å². The van der Waals surface area contributed by atoms with Gasteiger partial charge in [0.1, 0.15) is 12.3 Å². The highest BCUT2D eigenvalue weighted by molar-refractivity contribution is 8.18. The molecular formula is C27H20F3N3O6S. The van der Waals surface area contributed by atoms with Crippen molar-refractivity contribution in [1.82, 2.24) is 4.90 Å². The molecule has 0 aliphatic carbocycles. The molecule has 1 heterocycles. The number of rotatable bonds is 7. The minimum absolute atomic E-state index is 0.00949. The number of ether oxygens (including phenoxy) is 1. The van der Waals surface area contributed by atoms with E-state index in [2.05, 4.69) is 5.32 Å². The quantitative estimate of drug-likeness (QED) is 0.190. The van der Waals surface area contributed by atoms with Gasteiger partial charge in [-0.05, 0) is 61.5 Å². The van der Waals surface area contributed by atoms with Gasteiger partial charge in [0.2, 0.25) is 11.7 Å². The van der Waals surface area contributed by atoms with Crippen LogP contribution in [0.5, 0.6) is 11.5 Å². The fraction of sp³-hybridized carbons (Fsp3) is 0.148. The summed E-state index contributed by atoms with van der Waals surface area (Å²) < 4.78 is 44.7. The first-order chi connectivity index (χ1) is 18.8. The van der Waals surface area contributed by atoms with Crippen LogP contribution in [0.2, 0.25) is 0 Å². The number of alkyl halides is 3. The lowest BCUT2D eigenvalue weighted by Gasteiger charge is -2.14. The van der Waals surface area contributed by atoms with Crippen molar-refractivity contribution in [3.63, 3.8) is 0 Å². The molecule has 0 unspecified atom stereocenters. The summed E-state index contributed by atoms with van der Waals surface area (Å²) in [6.07, 6.45) is -3.49. The van der Waals surface area contributed by atoms with E-state index in [9.17, 15) is 37.7 Å². The number of nitro benzene ring substituents is 1. The highest BCUT2D eigenvalue weighted by Crippen LogP contribution is 2.40. The normalized spacial score (nSPS) is 14.5. The topological polar surface area (TPSA) is 119 Å². The van der Waals surface area contributed by atoms with Crippen molar-refractivity contribution < 1.29 is 37.2 Å². The zero-order valence-corrected chi connectivity index (χ0v) is 21.8. The van der Waals surface area contributed by atoms with Crippen LogP contribution < -0.4 is 10.1 Å². The molecule has 0 radical (unpaired) electrons. The predicted octanol–water partition coefficient (Wildman–Crippen LogP) is 6.70. The summed E-state index contributed by atoms with van der Waals surface area (Å²) in [4.78, 5) is 49.2. The number of para-hydroxylation sites is 1. The molecule has 0 saturated carbocycles. The van der Waals surface area contributed by atoms with Gasteiger partial charge >= 0.3 is 11.9 Å². The molecule has 1 aliphatic heterocycles. The highest BCUT2D eigenvalue weighted by Gasteiger charge is 2.37. The van der Waals surface area contributed by atoms with Crippen LogP contribution >= 0.6 is 11.8 Å². The fourth-order valence-corrected chi connectivity index (χ4v) is 4.63. The molecule has 4 rings (SSSR count). The number of hydrogen-bond donors (Lipinski definition) is 1. The van der Waals surface area contributed by atoms with Gasteiger partial charge in [-0.2, -0.15) is 13.2 Å². The van der Waals surface area contributed by atoms with E-state index in [1.54, 1.807) is 12.1 Å². The number of thioether (sulfide) groups is 1. The number of nitrogens with one attached hydrogen (secondary N) is 1. The Labute approximate surface area is 229 Å². The Hall–Kier alpha value is -4.65. The SMILES string of the molecule is Cc1ccc(NC(=O)CN2C(=O)S/C(=C/c3ccccc3Oc3ccc(C(F)(F)F)cc3[N+](=O)[O-])C2=O)c(C)c1.